The van der Waals surface area contributed by atoms with Gasteiger partial charge in [-0.3, -0.25) is 0 Å². The zero-order chi connectivity index (χ0) is 6.41. The molecule has 8 heavy (non-hydrogen) atoms. The van der Waals surface area contributed by atoms with Crippen molar-refractivity contribution in [2.75, 3.05) is 6.61 Å². The van der Waals surface area contributed by atoms with Crippen molar-refractivity contribution in [1.29, 1.82) is 0 Å². The molecule has 0 aliphatic rings. The second-order valence-corrected chi connectivity index (χ2v) is 1.16. The highest BCUT2D eigenvalue weighted by Crippen LogP contribution is 1.96. The molecule has 0 aromatic heterocycles. The summed E-state index contributed by atoms with van der Waals surface area (Å²) >= 11 is 0. The van der Waals surface area contributed by atoms with E-state index in [0.29, 0.717) is 7.69 Å². The highest BCUT2D eigenvalue weighted by atomic mass is 19.3. The Balaban J connectivity index is 2.72. The summed E-state index contributed by atoms with van der Waals surface area (Å²) in [6.07, 6.45) is -2.69. The van der Waals surface area contributed by atoms with Crippen LogP contribution in [-0.4, -0.2) is 25.7 Å². The predicted molar refractivity (Wildman–Crippen MR) is 24.5 cm³/mol. The lowest BCUT2D eigenvalue weighted by atomic mass is 10.4. The molecule has 47 valence electrons. The Morgan fingerprint density at radius 1 is 1.62 bits per heavy atom. The van der Waals surface area contributed by atoms with Gasteiger partial charge in [0.15, 0.2) is 0 Å². The number of halogens is 2. The Hall–Kier alpha value is -0.155. The molecule has 0 spiro atoms. The third kappa shape index (κ3) is 5.84. The van der Waals surface area contributed by atoms with Gasteiger partial charge < -0.3 is 9.68 Å². The van der Waals surface area contributed by atoms with Crippen molar-refractivity contribution >= 4 is 7.69 Å². The molecule has 0 unspecified atom stereocenters. The molecule has 1 N–H and O–H groups in total. The van der Waals surface area contributed by atoms with Gasteiger partial charge >= 0.3 is 7.69 Å². The molecule has 0 atom stereocenters. The van der Waals surface area contributed by atoms with Gasteiger partial charge in [0.25, 0.3) is 0 Å². The lowest BCUT2D eigenvalue weighted by Gasteiger charge is -1.95. The number of hydrogen-bond acceptors (Lipinski definition) is 2. The van der Waals surface area contributed by atoms with Gasteiger partial charge in [-0.15, -0.1) is 0 Å². The average molecular weight is 123 g/mol. The van der Waals surface area contributed by atoms with Crippen LogP contribution in [0.5, 0.6) is 0 Å². The van der Waals surface area contributed by atoms with Crippen LogP contribution in [0.15, 0.2) is 0 Å². The van der Waals surface area contributed by atoms with Crippen LogP contribution in [0.25, 0.3) is 0 Å². The highest BCUT2D eigenvalue weighted by molar-refractivity contribution is 6.15. The Morgan fingerprint density at radius 3 is 2.62 bits per heavy atom. The van der Waals surface area contributed by atoms with Crippen molar-refractivity contribution in [3.63, 3.8) is 0 Å². The van der Waals surface area contributed by atoms with Gasteiger partial charge in [-0.1, -0.05) is 0 Å². The van der Waals surface area contributed by atoms with Crippen LogP contribution < -0.4 is 0 Å². The van der Waals surface area contributed by atoms with Crippen LogP contribution in [-0.2, 0) is 4.65 Å². The zero-order valence-corrected chi connectivity index (χ0v) is 4.18. The second kappa shape index (κ2) is 4.99. The van der Waals surface area contributed by atoms with Crippen LogP contribution in [0, 0.1) is 0 Å². The quantitative estimate of drug-likeness (QED) is 0.426. The molecule has 0 fully saturated rings. The molecule has 0 rings (SSSR count). The van der Waals surface area contributed by atoms with Crippen LogP contribution >= 0.6 is 0 Å². The molecular weight excluding hydrogens is 117 g/mol. The van der Waals surface area contributed by atoms with Gasteiger partial charge in [0.05, 0.1) is 0 Å². The first-order valence-corrected chi connectivity index (χ1v) is 2.13. The lowest BCUT2D eigenvalue weighted by molar-refractivity contribution is 0.111. The standard InChI is InChI=1S/C3H6BF2O2/c5-3(6)1-2-8-4-7/h3,7H,1-2H2. The maximum absolute atomic E-state index is 11.2. The second-order valence-electron chi connectivity index (χ2n) is 1.16. The summed E-state index contributed by atoms with van der Waals surface area (Å²) in [7, 11) is 0.405. The minimum atomic E-state index is -2.35. The molecule has 0 saturated heterocycles. The van der Waals surface area contributed by atoms with Crippen LogP contribution in [0.3, 0.4) is 0 Å². The van der Waals surface area contributed by atoms with Gasteiger partial charge in [-0.05, 0) is 0 Å². The molecular formula is C3H6BF2O2. The third-order valence-electron chi connectivity index (χ3n) is 0.528. The molecule has 1 radical (unpaired) electrons. The van der Waals surface area contributed by atoms with Crippen molar-refractivity contribution in [2.45, 2.75) is 12.8 Å². The van der Waals surface area contributed by atoms with E-state index in [9.17, 15) is 8.78 Å². The SMILES string of the molecule is O[B]OCCC(F)F. The zero-order valence-electron chi connectivity index (χ0n) is 4.18. The van der Waals surface area contributed by atoms with E-state index < -0.39 is 6.43 Å². The van der Waals surface area contributed by atoms with Gasteiger partial charge in [0.1, 0.15) is 0 Å². The minimum Gasteiger partial charge on any atom is -0.429 e. The van der Waals surface area contributed by atoms with E-state index in [1.165, 1.54) is 0 Å². The van der Waals surface area contributed by atoms with E-state index in [1.807, 2.05) is 0 Å². The maximum Gasteiger partial charge on any atom is 0.485 e. The summed E-state index contributed by atoms with van der Waals surface area (Å²) in [6, 6.07) is 0. The molecule has 0 aromatic carbocycles. The van der Waals surface area contributed by atoms with Crippen LogP contribution in [0.4, 0.5) is 8.78 Å². The minimum absolute atomic E-state index is 0.131. The van der Waals surface area contributed by atoms with Crippen molar-refractivity contribution in [1.82, 2.24) is 0 Å². The first-order valence-electron chi connectivity index (χ1n) is 2.13. The predicted octanol–water partition coefficient (Wildman–Crippen LogP) is 0.185. The molecule has 0 aromatic rings. The fourth-order valence-corrected chi connectivity index (χ4v) is 0.210. The fraction of sp³-hybridized carbons (Fsp3) is 1.00. The number of alkyl halides is 2. The fourth-order valence-electron chi connectivity index (χ4n) is 0.210. The number of hydrogen-bond donors (Lipinski definition) is 1. The molecule has 0 heterocycles. The van der Waals surface area contributed by atoms with Crippen molar-refractivity contribution in [3.8, 4) is 0 Å². The maximum atomic E-state index is 11.2. The monoisotopic (exact) mass is 123 g/mol. The summed E-state index contributed by atoms with van der Waals surface area (Å²) in [6.45, 7) is -0.131. The summed E-state index contributed by atoms with van der Waals surface area (Å²) < 4.78 is 26.5. The van der Waals surface area contributed by atoms with Gasteiger partial charge in [0, 0.05) is 13.0 Å². The third-order valence-corrected chi connectivity index (χ3v) is 0.528. The molecule has 0 aliphatic heterocycles. The summed E-state index contributed by atoms with van der Waals surface area (Å²) in [4.78, 5) is 0. The Labute approximate surface area is 46.8 Å². The Bertz CT molecular complexity index is 52.5. The molecule has 0 aliphatic carbocycles. The van der Waals surface area contributed by atoms with E-state index in [-0.39, 0.29) is 13.0 Å². The smallest absolute Gasteiger partial charge is 0.429 e. The van der Waals surface area contributed by atoms with E-state index in [0.717, 1.165) is 0 Å². The van der Waals surface area contributed by atoms with E-state index >= 15 is 0 Å². The van der Waals surface area contributed by atoms with Gasteiger partial charge in [0.2, 0.25) is 6.43 Å². The van der Waals surface area contributed by atoms with Gasteiger partial charge in [-0.25, -0.2) is 8.78 Å². The number of rotatable bonds is 4. The molecule has 2 nitrogen and oxygen atoms in total. The Kier molecular flexibility index (Phi) is 4.89. The highest BCUT2D eigenvalue weighted by Gasteiger charge is 2.00. The van der Waals surface area contributed by atoms with Crippen molar-refractivity contribution < 1.29 is 18.5 Å². The normalized spacial score (nSPS) is 10.0. The van der Waals surface area contributed by atoms with Crippen molar-refractivity contribution in [2.24, 2.45) is 0 Å². The summed E-state index contributed by atoms with van der Waals surface area (Å²) in [5, 5.41) is 7.79. The van der Waals surface area contributed by atoms with E-state index in [1.54, 1.807) is 0 Å². The molecule has 0 bridgehead atoms. The molecule has 0 saturated carbocycles. The summed E-state index contributed by atoms with van der Waals surface area (Å²) in [5.41, 5.74) is 0. The van der Waals surface area contributed by atoms with Crippen LogP contribution in [0.1, 0.15) is 6.42 Å². The lowest BCUT2D eigenvalue weighted by Crippen LogP contribution is -2.03. The van der Waals surface area contributed by atoms with E-state index in [2.05, 4.69) is 4.65 Å². The Morgan fingerprint density at radius 2 is 2.25 bits per heavy atom. The molecule has 5 heteroatoms. The first kappa shape index (κ1) is 7.84. The average Bonchev–Trinajstić information content (AvgIpc) is 1.66. The summed E-state index contributed by atoms with van der Waals surface area (Å²) in [5.74, 6) is 0. The van der Waals surface area contributed by atoms with Crippen molar-refractivity contribution in [3.05, 3.63) is 0 Å². The molecule has 0 amide bonds. The first-order chi connectivity index (χ1) is 3.77. The van der Waals surface area contributed by atoms with Gasteiger partial charge in [-0.2, -0.15) is 0 Å². The topological polar surface area (TPSA) is 29.5 Å². The largest absolute Gasteiger partial charge is 0.485 e. The van der Waals surface area contributed by atoms with E-state index in [4.69, 9.17) is 5.02 Å². The van der Waals surface area contributed by atoms with Crippen LogP contribution in [0.2, 0.25) is 0 Å².